The highest BCUT2D eigenvalue weighted by atomic mass is 32.2. The molecule has 2 aromatic carbocycles. The fraction of sp³-hybridized carbons (Fsp3) is 0.176. The molecule has 24 heavy (non-hydrogen) atoms. The first-order valence-corrected chi connectivity index (χ1v) is 9.76. The molecule has 0 atom stereocenters. The Bertz CT molecular complexity index is 837. The van der Waals surface area contributed by atoms with Crippen molar-refractivity contribution in [3.63, 3.8) is 0 Å². The smallest absolute Gasteiger partial charge is 0.284 e. The number of aliphatic imine (C=N–C) groups is 1. The van der Waals surface area contributed by atoms with Gasteiger partial charge in [0, 0.05) is 5.56 Å². The molecule has 2 aromatic rings. The number of ether oxygens (including phenoxy) is 1. The molecule has 0 heterocycles. The van der Waals surface area contributed by atoms with Gasteiger partial charge in [0.05, 0.1) is 12.0 Å². The first kappa shape index (κ1) is 18.2. The lowest BCUT2D eigenvalue weighted by atomic mass is 10.2. The van der Waals surface area contributed by atoms with Gasteiger partial charge in [0.25, 0.3) is 15.3 Å². The molecule has 0 unspecified atom stereocenters. The number of thioether (sulfide) groups is 1. The highest BCUT2D eigenvalue weighted by Gasteiger charge is 2.16. The molecular weight excluding hydrogens is 344 g/mol. The number of methoxy groups -OCH3 is 1. The molecule has 0 saturated carbocycles. The molecule has 0 aromatic heterocycles. The van der Waals surface area contributed by atoms with Crippen LogP contribution in [-0.4, -0.2) is 32.8 Å². The van der Waals surface area contributed by atoms with Crippen molar-refractivity contribution in [3.05, 3.63) is 65.7 Å². The molecule has 5 nitrogen and oxygen atoms in total. The highest BCUT2D eigenvalue weighted by Crippen LogP contribution is 2.16. The molecule has 0 spiro atoms. The lowest BCUT2D eigenvalue weighted by Gasteiger charge is -2.06. The molecule has 0 N–H and O–H groups in total. The topological polar surface area (TPSA) is 68.1 Å². The quantitative estimate of drug-likeness (QED) is 0.619. The number of hydrogen-bond donors (Lipinski definition) is 0. The first-order chi connectivity index (χ1) is 11.5. The van der Waals surface area contributed by atoms with Crippen LogP contribution in [0, 0.1) is 6.92 Å². The Balaban J connectivity index is 2.55. The molecule has 0 saturated heterocycles. The maximum atomic E-state index is 12.6. The van der Waals surface area contributed by atoms with E-state index < -0.39 is 10.0 Å². The molecular formula is C17H18N2O3S2. The third-order valence-corrected chi connectivity index (χ3v) is 4.99. The maximum Gasteiger partial charge on any atom is 0.284 e. The highest BCUT2D eigenvalue weighted by molar-refractivity contribution is 8.13. The number of hydrogen-bond acceptors (Lipinski definition) is 4. The molecule has 0 aliphatic carbocycles. The summed E-state index contributed by atoms with van der Waals surface area (Å²) in [6.07, 6.45) is 1.79. The number of rotatable bonds is 3. The van der Waals surface area contributed by atoms with E-state index >= 15 is 0 Å². The van der Waals surface area contributed by atoms with Gasteiger partial charge in [-0.25, -0.2) is 0 Å². The molecule has 7 heteroatoms. The zero-order chi connectivity index (χ0) is 17.6. The molecule has 0 amide bonds. The third kappa shape index (κ3) is 4.69. The summed E-state index contributed by atoms with van der Waals surface area (Å²) in [5.41, 5.74) is 1.57. The second kappa shape index (κ2) is 8.12. The Morgan fingerprint density at radius 3 is 2.21 bits per heavy atom. The molecule has 2 rings (SSSR count). The minimum Gasteiger partial charge on any atom is -0.476 e. The van der Waals surface area contributed by atoms with Gasteiger partial charge in [0.15, 0.2) is 5.84 Å². The van der Waals surface area contributed by atoms with Crippen LogP contribution in [0.1, 0.15) is 11.1 Å². The fourth-order valence-electron chi connectivity index (χ4n) is 1.86. The zero-order valence-corrected chi connectivity index (χ0v) is 15.3. The molecule has 126 valence electrons. The van der Waals surface area contributed by atoms with Gasteiger partial charge in [-0.3, -0.25) is 0 Å². The Morgan fingerprint density at radius 2 is 1.67 bits per heavy atom. The summed E-state index contributed by atoms with van der Waals surface area (Å²) in [4.78, 5) is 4.36. The zero-order valence-electron chi connectivity index (χ0n) is 13.6. The van der Waals surface area contributed by atoms with Crippen LogP contribution >= 0.6 is 11.8 Å². The van der Waals surface area contributed by atoms with E-state index in [-0.39, 0.29) is 10.7 Å². The van der Waals surface area contributed by atoms with Crippen molar-refractivity contribution >= 4 is 32.9 Å². The third-order valence-electron chi connectivity index (χ3n) is 3.10. The van der Waals surface area contributed by atoms with Gasteiger partial charge >= 0.3 is 0 Å². The van der Waals surface area contributed by atoms with Gasteiger partial charge in [-0.15, -0.1) is 4.40 Å². The largest absolute Gasteiger partial charge is 0.476 e. The van der Waals surface area contributed by atoms with Crippen LogP contribution in [0.3, 0.4) is 0 Å². The van der Waals surface area contributed by atoms with E-state index in [2.05, 4.69) is 9.39 Å². The Labute approximate surface area is 146 Å². The first-order valence-electron chi connectivity index (χ1n) is 7.10. The van der Waals surface area contributed by atoms with Gasteiger partial charge in [-0.05, 0) is 25.3 Å². The Morgan fingerprint density at radius 1 is 1.04 bits per heavy atom. The summed E-state index contributed by atoms with van der Waals surface area (Å²) in [5, 5.41) is 0.330. The summed E-state index contributed by atoms with van der Waals surface area (Å²) in [5.74, 6) is 0.0855. The van der Waals surface area contributed by atoms with Crippen molar-refractivity contribution in [2.45, 2.75) is 11.8 Å². The maximum absolute atomic E-state index is 12.6. The van der Waals surface area contributed by atoms with Crippen LogP contribution in [0.2, 0.25) is 0 Å². The standard InChI is InChI=1S/C17H18N2O3S2/c1-13-9-11-15(12-10-13)24(20,21)19-16(18-17(22-2)23-3)14-7-5-4-6-8-14/h4-12H,1-3H3/b18-17?,19-16+. The average Bonchev–Trinajstić information content (AvgIpc) is 2.59. The lowest BCUT2D eigenvalue weighted by molar-refractivity contribution is 0.417. The van der Waals surface area contributed by atoms with Crippen LogP contribution in [0.5, 0.6) is 0 Å². The van der Waals surface area contributed by atoms with E-state index in [1.807, 2.05) is 13.0 Å². The Hall–Kier alpha value is -2.12. The SMILES string of the molecule is COC(=N/C(=N/S(=O)(=O)c1ccc(C)cc1)c1ccccc1)SC. The number of benzene rings is 2. The average molecular weight is 362 g/mol. The molecule has 0 radical (unpaired) electrons. The molecule has 0 bridgehead atoms. The number of amidine groups is 1. The summed E-state index contributed by atoms with van der Waals surface area (Å²) in [6.45, 7) is 1.89. The Kier molecular flexibility index (Phi) is 6.16. The number of nitrogens with zero attached hydrogens (tertiary/aromatic N) is 2. The summed E-state index contributed by atoms with van der Waals surface area (Å²) in [6, 6.07) is 15.5. The van der Waals surface area contributed by atoms with Gasteiger partial charge in [0.2, 0.25) is 0 Å². The van der Waals surface area contributed by atoms with Crippen molar-refractivity contribution in [3.8, 4) is 0 Å². The van der Waals surface area contributed by atoms with Crippen molar-refractivity contribution in [1.82, 2.24) is 0 Å². The minimum atomic E-state index is -3.87. The van der Waals surface area contributed by atoms with Gasteiger partial charge in [-0.1, -0.05) is 59.8 Å². The summed E-state index contributed by atoms with van der Waals surface area (Å²) >= 11 is 1.27. The summed E-state index contributed by atoms with van der Waals surface area (Å²) in [7, 11) is -2.39. The van der Waals surface area contributed by atoms with Gasteiger partial charge < -0.3 is 4.74 Å². The molecule has 0 aliphatic heterocycles. The monoisotopic (exact) mass is 362 g/mol. The van der Waals surface area contributed by atoms with E-state index in [9.17, 15) is 8.42 Å². The predicted octanol–water partition coefficient (Wildman–Crippen LogP) is 3.50. The second-order valence-electron chi connectivity index (χ2n) is 4.85. The van der Waals surface area contributed by atoms with Gasteiger partial charge in [-0.2, -0.15) is 13.4 Å². The van der Waals surface area contributed by atoms with Crippen molar-refractivity contribution in [2.75, 3.05) is 13.4 Å². The normalized spacial score (nSPS) is 13.0. The van der Waals surface area contributed by atoms with Gasteiger partial charge in [0.1, 0.15) is 0 Å². The summed E-state index contributed by atoms with van der Waals surface area (Å²) < 4.78 is 34.2. The van der Waals surface area contributed by atoms with Crippen LogP contribution < -0.4 is 0 Å². The van der Waals surface area contributed by atoms with E-state index in [1.165, 1.54) is 31.0 Å². The molecule has 0 aliphatic rings. The number of sulfonamides is 1. The molecule has 0 fully saturated rings. The van der Waals surface area contributed by atoms with Crippen LogP contribution in [0.4, 0.5) is 0 Å². The predicted molar refractivity (Wildman–Crippen MR) is 99.3 cm³/mol. The van der Waals surface area contributed by atoms with Crippen molar-refractivity contribution in [1.29, 1.82) is 0 Å². The number of aryl methyl sites for hydroxylation is 1. The lowest BCUT2D eigenvalue weighted by Crippen LogP contribution is -2.08. The van der Waals surface area contributed by atoms with Crippen LogP contribution in [0.15, 0.2) is 68.9 Å². The van der Waals surface area contributed by atoms with Crippen molar-refractivity contribution < 1.29 is 13.2 Å². The second-order valence-corrected chi connectivity index (χ2v) is 7.22. The van der Waals surface area contributed by atoms with Crippen molar-refractivity contribution in [2.24, 2.45) is 9.39 Å². The van der Waals surface area contributed by atoms with E-state index in [0.29, 0.717) is 10.8 Å². The van der Waals surface area contributed by atoms with E-state index in [4.69, 9.17) is 4.74 Å². The van der Waals surface area contributed by atoms with E-state index in [0.717, 1.165) is 5.56 Å². The van der Waals surface area contributed by atoms with Crippen LogP contribution in [-0.2, 0) is 14.8 Å². The fourth-order valence-corrected chi connectivity index (χ4v) is 3.17. The van der Waals surface area contributed by atoms with E-state index in [1.54, 1.807) is 42.7 Å². The van der Waals surface area contributed by atoms with Crippen LogP contribution in [0.25, 0.3) is 0 Å². The minimum absolute atomic E-state index is 0.0855.